The first-order chi connectivity index (χ1) is 16.1. The van der Waals surface area contributed by atoms with E-state index in [2.05, 4.69) is 20.6 Å². The maximum atomic E-state index is 14.5. The molecule has 1 aliphatic rings. The van der Waals surface area contributed by atoms with Gasteiger partial charge in [-0.25, -0.2) is 13.8 Å². The van der Waals surface area contributed by atoms with Crippen LogP contribution < -0.4 is 15.4 Å². The molecule has 180 valence electrons. The van der Waals surface area contributed by atoms with Crippen molar-refractivity contribution in [3.63, 3.8) is 0 Å². The minimum absolute atomic E-state index is 0. The molecule has 1 saturated heterocycles. The van der Waals surface area contributed by atoms with Gasteiger partial charge in [0.2, 0.25) is 0 Å². The molecule has 0 bridgehead atoms. The summed E-state index contributed by atoms with van der Waals surface area (Å²) >= 11 is 0. The van der Waals surface area contributed by atoms with Crippen LogP contribution in [0.25, 0.3) is 11.3 Å². The van der Waals surface area contributed by atoms with E-state index in [1.165, 1.54) is 24.4 Å². The number of rotatable bonds is 6. The van der Waals surface area contributed by atoms with Crippen LogP contribution in [0.1, 0.15) is 35.3 Å². The molecule has 2 aromatic heterocycles. The van der Waals surface area contributed by atoms with Crippen LogP contribution >= 0.6 is 12.4 Å². The largest absolute Gasteiger partial charge is 0.488 e. The van der Waals surface area contributed by atoms with Crippen LogP contribution in [-0.4, -0.2) is 40.2 Å². The summed E-state index contributed by atoms with van der Waals surface area (Å²) in [4.78, 5) is 21.0. The molecule has 0 aliphatic carbocycles. The Labute approximate surface area is 202 Å². The summed E-state index contributed by atoms with van der Waals surface area (Å²) in [6, 6.07) is 7.95. The highest BCUT2D eigenvalue weighted by Gasteiger charge is 2.20. The van der Waals surface area contributed by atoms with E-state index < -0.39 is 24.1 Å². The molecule has 0 spiro atoms. The normalized spacial score (nSPS) is 15.7. The summed E-state index contributed by atoms with van der Waals surface area (Å²) in [6.45, 7) is 1.29. The number of nitrogens with one attached hydrogen (secondary N) is 2. The number of hydrogen-bond acceptors (Lipinski definition) is 6. The van der Waals surface area contributed by atoms with Crippen molar-refractivity contribution in [1.82, 2.24) is 15.3 Å². The zero-order chi connectivity index (χ0) is 23.2. The molecule has 1 aliphatic heterocycles. The predicted octanol–water partition coefficient (Wildman–Crippen LogP) is 4.11. The highest BCUT2D eigenvalue weighted by molar-refractivity contribution is 6.03. The Morgan fingerprint density at radius 3 is 2.82 bits per heavy atom. The van der Waals surface area contributed by atoms with E-state index in [0.29, 0.717) is 11.4 Å². The van der Waals surface area contributed by atoms with Crippen molar-refractivity contribution in [2.24, 2.45) is 0 Å². The second-order valence-corrected chi connectivity index (χ2v) is 7.71. The first kappa shape index (κ1) is 25.5. The lowest BCUT2D eigenvalue weighted by atomic mass is 10.0. The molecule has 1 atom stereocenters. The molecule has 7 nitrogen and oxygen atoms in total. The van der Waals surface area contributed by atoms with Crippen molar-refractivity contribution < 1.29 is 23.4 Å². The number of pyridine rings is 2. The molecule has 0 radical (unpaired) electrons. The second kappa shape index (κ2) is 11.8. The number of amides is 1. The summed E-state index contributed by atoms with van der Waals surface area (Å²) in [5, 5.41) is 15.6. The number of aliphatic hydroxyl groups excluding tert-OH is 1. The number of aliphatic hydroxyl groups is 1. The van der Waals surface area contributed by atoms with Gasteiger partial charge < -0.3 is 20.5 Å². The van der Waals surface area contributed by atoms with Crippen molar-refractivity contribution in [1.29, 1.82) is 0 Å². The molecule has 10 heteroatoms. The van der Waals surface area contributed by atoms with Crippen molar-refractivity contribution >= 4 is 24.0 Å². The highest BCUT2D eigenvalue weighted by Crippen LogP contribution is 2.29. The van der Waals surface area contributed by atoms with Gasteiger partial charge in [-0.1, -0.05) is 12.1 Å². The molecular formula is C24H25ClF2N4O3. The van der Waals surface area contributed by atoms with E-state index >= 15 is 0 Å². The minimum atomic E-state index is -0.807. The van der Waals surface area contributed by atoms with Gasteiger partial charge in [-0.3, -0.25) is 9.78 Å². The maximum Gasteiger partial charge on any atom is 0.274 e. The van der Waals surface area contributed by atoms with Crippen LogP contribution in [0.3, 0.4) is 0 Å². The highest BCUT2D eigenvalue weighted by atomic mass is 35.5. The van der Waals surface area contributed by atoms with Gasteiger partial charge in [-0.15, -0.1) is 12.4 Å². The van der Waals surface area contributed by atoms with E-state index in [0.717, 1.165) is 44.5 Å². The second-order valence-electron chi connectivity index (χ2n) is 7.71. The Morgan fingerprint density at radius 1 is 1.15 bits per heavy atom. The van der Waals surface area contributed by atoms with Crippen LogP contribution in [0.5, 0.6) is 5.75 Å². The Bertz CT molecular complexity index is 1140. The summed E-state index contributed by atoms with van der Waals surface area (Å²) in [6.07, 6.45) is 5.77. The molecule has 1 fully saturated rings. The third-order valence-electron chi connectivity index (χ3n) is 5.43. The standard InChI is InChI=1S/C24H24F2N4O3.ClH/c25-17-5-1-3-15(14-31)22(17)23-18(26)6-7-19(29-23)24(32)30-20-13-28-12-9-21(20)33-16-4-2-10-27-11-8-16;/h1,3,5-7,9,12-13,16,27,31H,2,4,8,10-11,14H2,(H,30,32);1H. The van der Waals surface area contributed by atoms with Crippen molar-refractivity contribution in [2.45, 2.75) is 32.0 Å². The number of carbonyl (C=O) groups excluding carboxylic acids is 1. The Morgan fingerprint density at radius 2 is 2.00 bits per heavy atom. The molecule has 1 aromatic carbocycles. The number of aromatic nitrogens is 2. The summed E-state index contributed by atoms with van der Waals surface area (Å²) in [7, 11) is 0. The van der Waals surface area contributed by atoms with E-state index in [-0.39, 0.29) is 41.0 Å². The molecule has 3 aromatic rings. The van der Waals surface area contributed by atoms with E-state index in [4.69, 9.17) is 4.74 Å². The average molecular weight is 491 g/mol. The van der Waals surface area contributed by atoms with Crippen molar-refractivity contribution in [2.75, 3.05) is 18.4 Å². The molecule has 1 amide bonds. The van der Waals surface area contributed by atoms with Crippen LogP contribution in [0.15, 0.2) is 48.8 Å². The van der Waals surface area contributed by atoms with Gasteiger partial charge in [-0.2, -0.15) is 0 Å². The van der Waals surface area contributed by atoms with E-state index in [1.807, 2.05) is 0 Å². The van der Waals surface area contributed by atoms with Crippen LogP contribution in [-0.2, 0) is 6.61 Å². The third-order valence-corrected chi connectivity index (χ3v) is 5.43. The molecule has 1 unspecified atom stereocenters. The van der Waals surface area contributed by atoms with Gasteiger partial charge in [0.15, 0.2) is 0 Å². The fourth-order valence-electron chi connectivity index (χ4n) is 3.76. The number of ether oxygens (including phenoxy) is 1. The van der Waals surface area contributed by atoms with Crippen LogP contribution in [0, 0.1) is 11.6 Å². The lowest BCUT2D eigenvalue weighted by molar-refractivity contribution is 0.102. The van der Waals surface area contributed by atoms with E-state index in [9.17, 15) is 18.7 Å². The topological polar surface area (TPSA) is 96.4 Å². The smallest absolute Gasteiger partial charge is 0.274 e. The number of nitrogens with zero attached hydrogens (tertiary/aromatic N) is 2. The zero-order valence-electron chi connectivity index (χ0n) is 18.3. The van der Waals surface area contributed by atoms with Crippen LogP contribution in [0.4, 0.5) is 14.5 Å². The van der Waals surface area contributed by atoms with E-state index in [1.54, 1.807) is 12.3 Å². The minimum Gasteiger partial charge on any atom is -0.488 e. The number of anilines is 1. The first-order valence-electron chi connectivity index (χ1n) is 10.7. The summed E-state index contributed by atoms with van der Waals surface area (Å²) in [5.41, 5.74) is -0.126. The summed E-state index contributed by atoms with van der Waals surface area (Å²) in [5.74, 6) is -1.70. The monoisotopic (exact) mass is 490 g/mol. The quantitative estimate of drug-likeness (QED) is 0.481. The first-order valence-corrected chi connectivity index (χ1v) is 10.7. The molecule has 0 saturated carbocycles. The Balaban J connectivity index is 0.00000324. The SMILES string of the molecule is Cl.O=C(Nc1cnccc1OC1CCCNCC1)c1ccc(F)c(-c2c(F)cccc2CO)n1. The molecular weight excluding hydrogens is 466 g/mol. The Kier molecular flexibility index (Phi) is 8.86. The van der Waals surface area contributed by atoms with Gasteiger partial charge in [0.1, 0.15) is 40.6 Å². The van der Waals surface area contributed by atoms with Gasteiger partial charge in [-0.05, 0) is 56.1 Å². The Hall–Kier alpha value is -3.14. The fourth-order valence-corrected chi connectivity index (χ4v) is 3.76. The summed E-state index contributed by atoms with van der Waals surface area (Å²) < 4.78 is 35.1. The molecule has 34 heavy (non-hydrogen) atoms. The number of hydrogen-bond donors (Lipinski definition) is 3. The zero-order valence-corrected chi connectivity index (χ0v) is 19.1. The number of carbonyl (C=O) groups is 1. The maximum absolute atomic E-state index is 14.5. The van der Waals surface area contributed by atoms with Gasteiger partial charge in [0.05, 0.1) is 12.8 Å². The third kappa shape index (κ3) is 5.85. The fraction of sp³-hybridized carbons (Fsp3) is 0.292. The van der Waals surface area contributed by atoms with Gasteiger partial charge in [0, 0.05) is 17.8 Å². The van der Waals surface area contributed by atoms with Crippen molar-refractivity contribution in [3.05, 3.63) is 71.7 Å². The average Bonchev–Trinajstić information content (AvgIpc) is 3.09. The number of halogens is 3. The van der Waals surface area contributed by atoms with Gasteiger partial charge in [0.25, 0.3) is 5.91 Å². The molecule has 3 N–H and O–H groups in total. The van der Waals surface area contributed by atoms with Crippen LogP contribution in [0.2, 0.25) is 0 Å². The lowest BCUT2D eigenvalue weighted by Crippen LogP contribution is -2.21. The molecule has 3 heterocycles. The van der Waals surface area contributed by atoms with Crippen molar-refractivity contribution in [3.8, 4) is 17.0 Å². The molecule has 4 rings (SSSR count). The number of benzene rings is 1. The lowest BCUT2D eigenvalue weighted by Gasteiger charge is -2.19. The van der Waals surface area contributed by atoms with Gasteiger partial charge >= 0.3 is 0 Å². The predicted molar refractivity (Wildman–Crippen MR) is 126 cm³/mol.